The summed E-state index contributed by atoms with van der Waals surface area (Å²) in [5, 5.41) is 4.67. The van der Waals surface area contributed by atoms with Crippen molar-refractivity contribution in [1.29, 1.82) is 0 Å². The fourth-order valence-corrected chi connectivity index (χ4v) is 4.09. The second kappa shape index (κ2) is 11.2. The number of hydrogen-bond acceptors (Lipinski definition) is 7. The highest BCUT2D eigenvalue weighted by Crippen LogP contribution is 2.22. The first kappa shape index (κ1) is 22.4. The number of piperidine rings is 1. The third-order valence-corrected chi connectivity index (χ3v) is 5.93. The Labute approximate surface area is 185 Å². The zero-order valence-corrected chi connectivity index (χ0v) is 18.4. The number of carbonyl (C=O) groups excluding carboxylic acids is 2. The molecule has 1 atom stereocenters. The van der Waals surface area contributed by atoms with Crippen molar-refractivity contribution < 1.29 is 14.3 Å². The third-order valence-electron chi connectivity index (χ3n) is 4.77. The quantitative estimate of drug-likeness (QED) is 0.375. The van der Waals surface area contributed by atoms with Crippen LogP contribution in [0.2, 0.25) is 5.02 Å². The van der Waals surface area contributed by atoms with Crippen LogP contribution >= 0.6 is 23.4 Å². The summed E-state index contributed by atoms with van der Waals surface area (Å²) in [5.41, 5.74) is 1.09. The van der Waals surface area contributed by atoms with Crippen molar-refractivity contribution in [2.45, 2.75) is 31.3 Å². The van der Waals surface area contributed by atoms with E-state index in [2.05, 4.69) is 15.3 Å². The minimum atomic E-state index is -0.227. The number of rotatable bonds is 8. The molecule has 7 nitrogen and oxygen atoms in total. The summed E-state index contributed by atoms with van der Waals surface area (Å²) in [4.78, 5) is 34.8. The smallest absolute Gasteiger partial charge is 0.310 e. The molecule has 0 saturated carbocycles. The summed E-state index contributed by atoms with van der Waals surface area (Å²) in [5.74, 6) is 0.521. The van der Waals surface area contributed by atoms with Gasteiger partial charge in [0, 0.05) is 30.7 Å². The SMILES string of the molecule is CCOC(=O)[C@@H]1CCCN(C(=O)CSc2cc(NCc3ccc(Cl)cc3)ncn2)C1. The lowest BCUT2D eigenvalue weighted by atomic mass is 9.98. The molecule has 1 aromatic carbocycles. The van der Waals surface area contributed by atoms with Crippen LogP contribution in [0.4, 0.5) is 5.82 Å². The van der Waals surface area contributed by atoms with Crippen LogP contribution in [0.1, 0.15) is 25.3 Å². The number of carbonyl (C=O) groups is 2. The van der Waals surface area contributed by atoms with Crippen molar-refractivity contribution in [3.63, 3.8) is 0 Å². The van der Waals surface area contributed by atoms with E-state index in [-0.39, 0.29) is 23.5 Å². The van der Waals surface area contributed by atoms with Crippen LogP contribution in [0.3, 0.4) is 0 Å². The molecule has 1 N–H and O–H groups in total. The summed E-state index contributed by atoms with van der Waals surface area (Å²) < 4.78 is 5.10. The van der Waals surface area contributed by atoms with Crippen molar-refractivity contribution in [3.8, 4) is 0 Å². The van der Waals surface area contributed by atoms with E-state index in [1.165, 1.54) is 18.1 Å². The van der Waals surface area contributed by atoms with E-state index in [0.29, 0.717) is 37.1 Å². The van der Waals surface area contributed by atoms with Crippen LogP contribution in [-0.4, -0.2) is 52.2 Å². The number of thioether (sulfide) groups is 1. The second-order valence-electron chi connectivity index (χ2n) is 6.94. The first-order chi connectivity index (χ1) is 14.5. The minimum Gasteiger partial charge on any atom is -0.466 e. The number of benzene rings is 1. The zero-order valence-electron chi connectivity index (χ0n) is 16.8. The first-order valence-electron chi connectivity index (χ1n) is 9.92. The highest BCUT2D eigenvalue weighted by Gasteiger charge is 2.29. The van der Waals surface area contributed by atoms with E-state index in [1.807, 2.05) is 30.3 Å². The van der Waals surface area contributed by atoms with Crippen molar-refractivity contribution in [3.05, 3.63) is 47.2 Å². The number of halogens is 1. The average molecular weight is 449 g/mol. The molecule has 30 heavy (non-hydrogen) atoms. The van der Waals surface area contributed by atoms with Gasteiger partial charge in [-0.05, 0) is 37.5 Å². The maximum atomic E-state index is 12.6. The van der Waals surface area contributed by atoms with Crippen molar-refractivity contribution in [2.75, 3.05) is 30.8 Å². The van der Waals surface area contributed by atoms with E-state index in [0.717, 1.165) is 23.4 Å². The van der Waals surface area contributed by atoms with Crippen LogP contribution in [0.15, 0.2) is 41.7 Å². The van der Waals surface area contributed by atoms with Crippen LogP contribution in [0.5, 0.6) is 0 Å². The number of nitrogens with zero attached hydrogens (tertiary/aromatic N) is 3. The molecular formula is C21H25ClN4O3S. The van der Waals surface area contributed by atoms with Crippen molar-refractivity contribution >= 4 is 41.1 Å². The molecule has 9 heteroatoms. The van der Waals surface area contributed by atoms with Gasteiger partial charge in [0.1, 0.15) is 17.2 Å². The van der Waals surface area contributed by atoms with Gasteiger partial charge < -0.3 is 15.0 Å². The minimum absolute atomic E-state index is 0.00304. The highest BCUT2D eigenvalue weighted by molar-refractivity contribution is 7.99. The Hall–Kier alpha value is -2.32. The molecule has 1 saturated heterocycles. The van der Waals surface area contributed by atoms with Gasteiger partial charge in [0.15, 0.2) is 0 Å². The van der Waals surface area contributed by atoms with Gasteiger partial charge in [-0.1, -0.05) is 35.5 Å². The molecule has 0 bridgehead atoms. The molecule has 0 spiro atoms. The fourth-order valence-electron chi connectivity index (χ4n) is 3.19. The number of amides is 1. The van der Waals surface area contributed by atoms with Gasteiger partial charge in [-0.3, -0.25) is 9.59 Å². The molecule has 0 radical (unpaired) electrons. The molecule has 1 fully saturated rings. The topological polar surface area (TPSA) is 84.4 Å². The molecule has 2 heterocycles. The molecule has 0 aliphatic carbocycles. The van der Waals surface area contributed by atoms with Crippen molar-refractivity contribution in [2.24, 2.45) is 5.92 Å². The summed E-state index contributed by atoms with van der Waals surface area (Å²) in [6, 6.07) is 9.42. The van der Waals surface area contributed by atoms with Gasteiger partial charge in [0.25, 0.3) is 0 Å². The maximum absolute atomic E-state index is 12.6. The van der Waals surface area contributed by atoms with E-state index in [4.69, 9.17) is 16.3 Å². The third kappa shape index (κ3) is 6.60. The maximum Gasteiger partial charge on any atom is 0.310 e. The number of anilines is 1. The Kier molecular flexibility index (Phi) is 8.33. The summed E-state index contributed by atoms with van der Waals surface area (Å²) in [6.45, 7) is 3.87. The highest BCUT2D eigenvalue weighted by atomic mass is 35.5. The summed E-state index contributed by atoms with van der Waals surface area (Å²) >= 11 is 7.27. The van der Waals surface area contributed by atoms with E-state index in [1.54, 1.807) is 11.8 Å². The zero-order chi connectivity index (χ0) is 21.3. The first-order valence-corrected chi connectivity index (χ1v) is 11.3. The molecular weight excluding hydrogens is 424 g/mol. The number of aromatic nitrogens is 2. The van der Waals surface area contributed by atoms with Crippen molar-refractivity contribution in [1.82, 2.24) is 14.9 Å². The van der Waals surface area contributed by atoms with Gasteiger partial charge in [-0.25, -0.2) is 9.97 Å². The number of likely N-dealkylation sites (tertiary alicyclic amines) is 1. The number of ether oxygens (including phenoxy) is 1. The van der Waals surface area contributed by atoms with Crippen LogP contribution in [-0.2, 0) is 20.9 Å². The van der Waals surface area contributed by atoms with Crippen LogP contribution < -0.4 is 5.32 Å². The Balaban J connectivity index is 1.49. The van der Waals surface area contributed by atoms with Crippen LogP contribution in [0.25, 0.3) is 0 Å². The van der Waals surface area contributed by atoms with Gasteiger partial charge in [-0.2, -0.15) is 0 Å². The van der Waals surface area contributed by atoms with Gasteiger partial charge >= 0.3 is 5.97 Å². The van der Waals surface area contributed by atoms with Gasteiger partial charge in [0.2, 0.25) is 5.91 Å². The number of nitrogens with one attached hydrogen (secondary N) is 1. The van der Waals surface area contributed by atoms with E-state index >= 15 is 0 Å². The Morgan fingerprint density at radius 3 is 2.87 bits per heavy atom. The Morgan fingerprint density at radius 1 is 1.30 bits per heavy atom. The van der Waals surface area contributed by atoms with E-state index in [9.17, 15) is 9.59 Å². The molecule has 2 aromatic rings. The molecule has 0 unspecified atom stereocenters. The number of esters is 1. The lowest BCUT2D eigenvalue weighted by Crippen LogP contribution is -2.43. The standard InChI is InChI=1S/C21H25ClN4O3S/c1-2-29-21(28)16-4-3-9-26(12-16)20(27)13-30-19-10-18(24-14-25-19)23-11-15-5-7-17(22)8-6-15/h5-8,10,14,16H,2-4,9,11-13H2,1H3,(H,23,24,25)/t16-/m1/s1. The largest absolute Gasteiger partial charge is 0.466 e. The van der Waals surface area contributed by atoms with Gasteiger partial charge in [0.05, 0.1) is 18.3 Å². The summed E-state index contributed by atoms with van der Waals surface area (Å²) in [7, 11) is 0. The van der Waals surface area contributed by atoms with Crippen LogP contribution in [0, 0.1) is 5.92 Å². The van der Waals surface area contributed by atoms with Gasteiger partial charge in [-0.15, -0.1) is 0 Å². The molecule has 1 aromatic heterocycles. The Bertz CT molecular complexity index is 866. The lowest BCUT2D eigenvalue weighted by Gasteiger charge is -2.31. The second-order valence-corrected chi connectivity index (χ2v) is 8.37. The van der Waals surface area contributed by atoms with E-state index < -0.39 is 0 Å². The molecule has 3 rings (SSSR count). The fraction of sp³-hybridized carbons (Fsp3) is 0.429. The predicted octanol–water partition coefficient (Wildman–Crippen LogP) is 3.64. The molecule has 1 aliphatic rings. The molecule has 1 amide bonds. The molecule has 160 valence electrons. The lowest BCUT2D eigenvalue weighted by molar-refractivity contribution is -0.151. The monoisotopic (exact) mass is 448 g/mol. The normalized spacial score (nSPS) is 16.2. The predicted molar refractivity (Wildman–Crippen MR) is 117 cm³/mol. The summed E-state index contributed by atoms with van der Waals surface area (Å²) in [6.07, 6.45) is 3.06. The Morgan fingerprint density at radius 2 is 2.10 bits per heavy atom. The number of hydrogen-bond donors (Lipinski definition) is 1. The average Bonchev–Trinajstić information content (AvgIpc) is 2.77. The molecule has 1 aliphatic heterocycles.